The fourth-order valence-corrected chi connectivity index (χ4v) is 4.59. The van der Waals surface area contributed by atoms with Gasteiger partial charge in [-0.3, -0.25) is 4.79 Å². The third-order valence-electron chi connectivity index (χ3n) is 6.34. The van der Waals surface area contributed by atoms with Crippen molar-refractivity contribution in [1.29, 1.82) is 0 Å². The molecular formula is C25H30F3N5O3. The Labute approximate surface area is 207 Å². The molecule has 0 aliphatic carbocycles. The number of anilines is 3. The lowest BCUT2D eigenvalue weighted by molar-refractivity contribution is -0.143. The number of morpholine rings is 1. The molecule has 3 heterocycles. The summed E-state index contributed by atoms with van der Waals surface area (Å²) in [6.45, 7) is 6.25. The number of alkyl halides is 3. The first kappa shape index (κ1) is 25.7. The molecule has 2 N–H and O–H groups in total. The van der Waals surface area contributed by atoms with Crippen LogP contribution in [0.3, 0.4) is 0 Å². The first-order valence-electron chi connectivity index (χ1n) is 11.9. The Morgan fingerprint density at radius 2 is 1.86 bits per heavy atom. The third kappa shape index (κ3) is 6.66. The summed E-state index contributed by atoms with van der Waals surface area (Å²) in [4.78, 5) is 32.6. The molecule has 194 valence electrons. The fourth-order valence-electron chi connectivity index (χ4n) is 4.59. The van der Waals surface area contributed by atoms with Gasteiger partial charge in [0.2, 0.25) is 5.91 Å². The van der Waals surface area contributed by atoms with Crippen LogP contribution in [0.15, 0.2) is 30.3 Å². The number of hydrogen-bond acceptors (Lipinski definition) is 5. The van der Waals surface area contributed by atoms with Crippen LogP contribution in [0.5, 0.6) is 0 Å². The predicted molar refractivity (Wildman–Crippen MR) is 131 cm³/mol. The van der Waals surface area contributed by atoms with E-state index in [9.17, 15) is 22.8 Å². The van der Waals surface area contributed by atoms with Gasteiger partial charge in [0.05, 0.1) is 13.2 Å². The molecule has 2 aliphatic rings. The first-order valence-corrected chi connectivity index (χ1v) is 11.9. The molecule has 0 saturated carbocycles. The van der Waals surface area contributed by atoms with E-state index in [2.05, 4.69) is 20.5 Å². The van der Waals surface area contributed by atoms with Crippen LogP contribution in [0.4, 0.5) is 35.3 Å². The number of aromatic nitrogens is 1. The third-order valence-corrected chi connectivity index (χ3v) is 6.34. The van der Waals surface area contributed by atoms with Crippen molar-refractivity contribution >= 4 is 29.3 Å². The minimum Gasteiger partial charge on any atom is -0.378 e. The Morgan fingerprint density at radius 3 is 2.56 bits per heavy atom. The van der Waals surface area contributed by atoms with Gasteiger partial charge in [0.1, 0.15) is 11.6 Å². The van der Waals surface area contributed by atoms with E-state index in [0.29, 0.717) is 56.6 Å². The molecule has 3 amide bonds. The molecule has 8 nitrogen and oxygen atoms in total. The van der Waals surface area contributed by atoms with Crippen molar-refractivity contribution in [2.24, 2.45) is 5.92 Å². The normalized spacial score (nSPS) is 18.3. The van der Waals surface area contributed by atoms with E-state index < -0.39 is 24.5 Å². The van der Waals surface area contributed by atoms with Gasteiger partial charge in [0.15, 0.2) is 0 Å². The lowest BCUT2D eigenvalue weighted by atomic mass is 10.00. The molecule has 0 radical (unpaired) electrons. The zero-order valence-electron chi connectivity index (χ0n) is 20.3. The second-order valence-corrected chi connectivity index (χ2v) is 9.26. The number of carbonyl (C=O) groups excluding carboxylic acids is 2. The molecule has 1 unspecified atom stereocenters. The van der Waals surface area contributed by atoms with Crippen LogP contribution >= 0.6 is 0 Å². The van der Waals surface area contributed by atoms with Gasteiger partial charge in [-0.15, -0.1) is 0 Å². The highest BCUT2D eigenvalue weighted by atomic mass is 19.4. The van der Waals surface area contributed by atoms with Crippen LogP contribution in [0.1, 0.15) is 25.3 Å². The van der Waals surface area contributed by atoms with E-state index in [1.165, 1.54) is 11.8 Å². The summed E-state index contributed by atoms with van der Waals surface area (Å²) in [5.41, 5.74) is 3.14. The number of nitrogens with one attached hydrogen (secondary N) is 2. The number of nitrogens with zero attached hydrogens (tertiary/aromatic N) is 3. The molecule has 1 aromatic heterocycles. The second-order valence-electron chi connectivity index (χ2n) is 9.26. The highest BCUT2D eigenvalue weighted by Gasteiger charge is 2.36. The number of likely N-dealkylation sites (tertiary alicyclic amines) is 1. The van der Waals surface area contributed by atoms with E-state index in [4.69, 9.17) is 4.74 Å². The standard InChI is InChI=1S/C25H30F3N5O3/c1-16-3-4-20(30-24(35)33-6-5-18(15-33)14-25(26,27)28)13-21(16)19-11-22(29-17(2)34)31-23(12-19)32-7-9-36-10-8-32/h3-4,11-13,18H,5-10,14-15H2,1-2H3,(H,30,35)(H,29,31,34). The number of hydrogen-bond donors (Lipinski definition) is 2. The van der Waals surface area contributed by atoms with Gasteiger partial charge in [-0.25, -0.2) is 9.78 Å². The lowest BCUT2D eigenvalue weighted by Gasteiger charge is -2.28. The summed E-state index contributed by atoms with van der Waals surface area (Å²) in [6, 6.07) is 8.76. The molecule has 36 heavy (non-hydrogen) atoms. The van der Waals surface area contributed by atoms with Crippen molar-refractivity contribution in [2.75, 3.05) is 54.9 Å². The molecule has 2 saturated heterocycles. The van der Waals surface area contributed by atoms with Crippen LogP contribution in [-0.4, -0.2) is 67.4 Å². The van der Waals surface area contributed by atoms with Crippen LogP contribution in [0.25, 0.3) is 11.1 Å². The number of halogens is 3. The summed E-state index contributed by atoms with van der Waals surface area (Å²) >= 11 is 0. The van der Waals surface area contributed by atoms with Crippen LogP contribution in [-0.2, 0) is 9.53 Å². The molecule has 2 fully saturated rings. The Kier molecular flexibility index (Phi) is 7.67. The summed E-state index contributed by atoms with van der Waals surface area (Å²) in [5, 5.41) is 5.58. The van der Waals surface area contributed by atoms with E-state index in [0.717, 1.165) is 16.7 Å². The quantitative estimate of drug-likeness (QED) is 0.618. The number of ether oxygens (including phenoxy) is 1. The van der Waals surface area contributed by atoms with E-state index in [1.807, 2.05) is 25.1 Å². The van der Waals surface area contributed by atoms with Gasteiger partial charge < -0.3 is 25.2 Å². The van der Waals surface area contributed by atoms with Crippen molar-refractivity contribution in [3.8, 4) is 11.1 Å². The maximum absolute atomic E-state index is 12.8. The number of amides is 3. The van der Waals surface area contributed by atoms with Crippen molar-refractivity contribution in [3.63, 3.8) is 0 Å². The molecular weight excluding hydrogens is 475 g/mol. The zero-order chi connectivity index (χ0) is 25.9. The van der Waals surface area contributed by atoms with Gasteiger partial charge in [-0.1, -0.05) is 6.07 Å². The number of carbonyl (C=O) groups is 2. The summed E-state index contributed by atoms with van der Waals surface area (Å²) in [7, 11) is 0. The number of urea groups is 1. The van der Waals surface area contributed by atoms with Crippen molar-refractivity contribution in [2.45, 2.75) is 32.9 Å². The van der Waals surface area contributed by atoms with Gasteiger partial charge >= 0.3 is 12.2 Å². The van der Waals surface area contributed by atoms with E-state index >= 15 is 0 Å². The Balaban J connectivity index is 1.55. The predicted octanol–water partition coefficient (Wildman–Crippen LogP) is 4.66. The molecule has 11 heteroatoms. The summed E-state index contributed by atoms with van der Waals surface area (Å²) in [5.74, 6) is 0.316. The number of rotatable bonds is 5. The first-order chi connectivity index (χ1) is 17.1. The Morgan fingerprint density at radius 1 is 1.11 bits per heavy atom. The lowest BCUT2D eigenvalue weighted by Crippen LogP contribution is -2.36. The number of aryl methyl sites for hydroxylation is 1. The second kappa shape index (κ2) is 10.7. The van der Waals surface area contributed by atoms with E-state index in [1.54, 1.807) is 12.1 Å². The highest BCUT2D eigenvalue weighted by molar-refractivity contribution is 5.92. The van der Waals surface area contributed by atoms with Gasteiger partial charge in [-0.05, 0) is 60.2 Å². The van der Waals surface area contributed by atoms with Crippen LogP contribution in [0, 0.1) is 12.8 Å². The van der Waals surface area contributed by atoms with Crippen LogP contribution in [0.2, 0.25) is 0 Å². The molecule has 4 rings (SSSR count). The smallest absolute Gasteiger partial charge is 0.378 e. The monoisotopic (exact) mass is 505 g/mol. The van der Waals surface area contributed by atoms with Crippen molar-refractivity contribution < 1.29 is 27.5 Å². The molecule has 1 atom stereocenters. The minimum atomic E-state index is -4.23. The van der Waals surface area contributed by atoms with E-state index in [-0.39, 0.29) is 12.5 Å². The SMILES string of the molecule is CC(=O)Nc1cc(-c2cc(NC(=O)N3CCC(CC(F)(F)F)C3)ccc2C)cc(N2CCOCC2)n1. The fraction of sp³-hybridized carbons (Fsp3) is 0.480. The Bertz CT molecular complexity index is 1120. The molecule has 2 aliphatic heterocycles. The highest BCUT2D eigenvalue weighted by Crippen LogP contribution is 2.33. The van der Waals surface area contributed by atoms with Crippen molar-refractivity contribution in [1.82, 2.24) is 9.88 Å². The maximum Gasteiger partial charge on any atom is 0.389 e. The number of benzene rings is 1. The van der Waals surface area contributed by atoms with Crippen LogP contribution < -0.4 is 15.5 Å². The number of pyridine rings is 1. The topological polar surface area (TPSA) is 86.8 Å². The Hall–Kier alpha value is -3.34. The summed E-state index contributed by atoms with van der Waals surface area (Å²) in [6.07, 6.45) is -4.78. The average Bonchev–Trinajstić information content (AvgIpc) is 3.27. The minimum absolute atomic E-state index is 0.0808. The molecule has 0 spiro atoms. The zero-order valence-corrected chi connectivity index (χ0v) is 20.3. The largest absolute Gasteiger partial charge is 0.389 e. The molecule has 2 aromatic rings. The molecule has 0 bridgehead atoms. The van der Waals surface area contributed by atoms with Gasteiger partial charge in [-0.2, -0.15) is 13.2 Å². The van der Waals surface area contributed by atoms with Gasteiger partial charge in [0, 0.05) is 45.2 Å². The van der Waals surface area contributed by atoms with Gasteiger partial charge in [0.25, 0.3) is 0 Å². The maximum atomic E-state index is 12.8. The average molecular weight is 506 g/mol. The molecule has 1 aromatic carbocycles. The van der Waals surface area contributed by atoms with Crippen molar-refractivity contribution in [3.05, 3.63) is 35.9 Å². The summed E-state index contributed by atoms with van der Waals surface area (Å²) < 4.78 is 43.6.